The maximum Gasteiger partial charge on any atom is 1.00 e. The summed E-state index contributed by atoms with van der Waals surface area (Å²) in [5.74, 6) is 0. The van der Waals surface area contributed by atoms with E-state index in [4.69, 9.17) is 0 Å². The third-order valence-electron chi connectivity index (χ3n) is 0.707. The monoisotopic (exact) mass is 112 g/mol. The fourth-order valence-corrected chi connectivity index (χ4v) is 0.354. The van der Waals surface area contributed by atoms with Crippen molar-refractivity contribution < 1.29 is 35.0 Å². The molecule has 7 heavy (non-hydrogen) atoms. The standard InChI is InChI=1S/C5H12.Na.H2O/c1-3-5-4-2;;/h3-5H2,1-2H3;;1H2/q;+1;/p-1. The van der Waals surface area contributed by atoms with E-state index in [0.29, 0.717) is 0 Å². The van der Waals surface area contributed by atoms with Gasteiger partial charge in [0.15, 0.2) is 0 Å². The Balaban J connectivity index is -0.0000000800. The van der Waals surface area contributed by atoms with Crippen LogP contribution in [0.4, 0.5) is 0 Å². The molecule has 0 heterocycles. The molecule has 0 aliphatic carbocycles. The fraction of sp³-hybridized carbons (Fsp3) is 1.00. The van der Waals surface area contributed by atoms with Crippen LogP contribution in [0.1, 0.15) is 33.1 Å². The predicted octanol–water partition coefficient (Wildman–Crippen LogP) is -0.976. The zero-order valence-corrected chi connectivity index (χ0v) is 7.57. The van der Waals surface area contributed by atoms with Crippen LogP contribution >= 0.6 is 0 Å². The van der Waals surface area contributed by atoms with Gasteiger partial charge in [0, 0.05) is 0 Å². The molecule has 0 unspecified atom stereocenters. The molecule has 40 valence electrons. The van der Waals surface area contributed by atoms with Gasteiger partial charge in [0.1, 0.15) is 0 Å². The van der Waals surface area contributed by atoms with E-state index in [-0.39, 0.29) is 35.0 Å². The zero-order valence-electron chi connectivity index (χ0n) is 5.57. The summed E-state index contributed by atoms with van der Waals surface area (Å²) in [5, 5.41) is 0. The van der Waals surface area contributed by atoms with E-state index in [1.54, 1.807) is 0 Å². The van der Waals surface area contributed by atoms with Crippen LogP contribution in [0.25, 0.3) is 0 Å². The Kier molecular flexibility index (Phi) is 35.3. The first-order valence-electron chi connectivity index (χ1n) is 2.41. The molecule has 0 aromatic heterocycles. The van der Waals surface area contributed by atoms with Crippen LogP contribution in [0, 0.1) is 0 Å². The van der Waals surface area contributed by atoms with Crippen molar-refractivity contribution in [2.24, 2.45) is 0 Å². The Morgan fingerprint density at radius 3 is 1.29 bits per heavy atom. The molecule has 0 fully saturated rings. The summed E-state index contributed by atoms with van der Waals surface area (Å²) >= 11 is 0. The van der Waals surface area contributed by atoms with Crippen LogP contribution in [0.2, 0.25) is 0 Å². The molecular weight excluding hydrogens is 99.0 g/mol. The van der Waals surface area contributed by atoms with Crippen LogP contribution in [0.3, 0.4) is 0 Å². The summed E-state index contributed by atoms with van der Waals surface area (Å²) in [6, 6.07) is 0. The Bertz CT molecular complexity index is 15.6. The summed E-state index contributed by atoms with van der Waals surface area (Å²) in [4.78, 5) is 0. The minimum Gasteiger partial charge on any atom is -0.870 e. The minimum atomic E-state index is 0. The maximum absolute atomic E-state index is 2.21. The van der Waals surface area contributed by atoms with Gasteiger partial charge in [-0.2, -0.15) is 0 Å². The molecule has 0 amide bonds. The summed E-state index contributed by atoms with van der Waals surface area (Å²) in [6.45, 7) is 4.42. The molecule has 0 bridgehead atoms. The van der Waals surface area contributed by atoms with Gasteiger partial charge in [-0.05, 0) is 0 Å². The van der Waals surface area contributed by atoms with Crippen molar-refractivity contribution in [1.29, 1.82) is 0 Å². The van der Waals surface area contributed by atoms with Gasteiger partial charge in [0.05, 0.1) is 0 Å². The van der Waals surface area contributed by atoms with Crippen molar-refractivity contribution in [3.8, 4) is 0 Å². The molecule has 0 saturated heterocycles. The second-order valence-electron chi connectivity index (χ2n) is 1.35. The second kappa shape index (κ2) is 15.8. The van der Waals surface area contributed by atoms with Gasteiger partial charge < -0.3 is 5.48 Å². The first-order chi connectivity index (χ1) is 2.41. The largest absolute Gasteiger partial charge is 1.00 e. The van der Waals surface area contributed by atoms with E-state index in [1.165, 1.54) is 19.3 Å². The normalized spacial score (nSPS) is 6.00. The molecule has 1 nitrogen and oxygen atoms in total. The zero-order chi connectivity index (χ0) is 4.12. The van der Waals surface area contributed by atoms with Crippen LogP contribution in [-0.2, 0) is 0 Å². The van der Waals surface area contributed by atoms with E-state index < -0.39 is 0 Å². The fourth-order valence-electron chi connectivity index (χ4n) is 0.354. The number of hydrogen-bond acceptors (Lipinski definition) is 1. The van der Waals surface area contributed by atoms with Gasteiger partial charge in [0.2, 0.25) is 0 Å². The second-order valence-corrected chi connectivity index (χ2v) is 1.35. The van der Waals surface area contributed by atoms with Gasteiger partial charge in [-0.15, -0.1) is 0 Å². The van der Waals surface area contributed by atoms with Gasteiger partial charge >= 0.3 is 29.6 Å². The third-order valence-corrected chi connectivity index (χ3v) is 0.707. The smallest absolute Gasteiger partial charge is 0.870 e. The Morgan fingerprint density at radius 1 is 1.00 bits per heavy atom. The van der Waals surface area contributed by atoms with Crippen molar-refractivity contribution >= 4 is 0 Å². The third kappa shape index (κ3) is 19.5. The Morgan fingerprint density at radius 2 is 1.29 bits per heavy atom. The molecule has 0 spiro atoms. The molecule has 0 aromatic carbocycles. The summed E-state index contributed by atoms with van der Waals surface area (Å²) < 4.78 is 0. The van der Waals surface area contributed by atoms with Crippen molar-refractivity contribution in [3.63, 3.8) is 0 Å². The van der Waals surface area contributed by atoms with Crippen LogP contribution in [-0.4, -0.2) is 5.48 Å². The van der Waals surface area contributed by atoms with Gasteiger partial charge in [-0.3, -0.25) is 0 Å². The topological polar surface area (TPSA) is 30.0 Å². The van der Waals surface area contributed by atoms with Gasteiger partial charge in [-0.1, -0.05) is 33.1 Å². The summed E-state index contributed by atoms with van der Waals surface area (Å²) in [6.07, 6.45) is 4.08. The van der Waals surface area contributed by atoms with Crippen molar-refractivity contribution in [2.75, 3.05) is 0 Å². The molecule has 0 radical (unpaired) electrons. The molecule has 0 saturated carbocycles. The van der Waals surface area contributed by atoms with Crippen LogP contribution in [0.5, 0.6) is 0 Å². The molecule has 0 aliphatic rings. The predicted molar refractivity (Wildman–Crippen MR) is 27.1 cm³/mol. The van der Waals surface area contributed by atoms with E-state index in [9.17, 15) is 0 Å². The quantitative estimate of drug-likeness (QED) is 0.422. The van der Waals surface area contributed by atoms with Gasteiger partial charge in [0.25, 0.3) is 0 Å². The first kappa shape index (κ1) is 15.7. The van der Waals surface area contributed by atoms with Crippen LogP contribution < -0.4 is 29.6 Å². The van der Waals surface area contributed by atoms with Crippen molar-refractivity contribution in [3.05, 3.63) is 0 Å². The summed E-state index contributed by atoms with van der Waals surface area (Å²) in [5.41, 5.74) is 0. The molecule has 0 atom stereocenters. The van der Waals surface area contributed by atoms with Gasteiger partial charge in [-0.25, -0.2) is 0 Å². The molecule has 0 aliphatic heterocycles. The average Bonchev–Trinajstić information content (AvgIpc) is 1.41. The number of rotatable bonds is 2. The van der Waals surface area contributed by atoms with E-state index in [1.807, 2.05) is 0 Å². The van der Waals surface area contributed by atoms with E-state index in [2.05, 4.69) is 13.8 Å². The van der Waals surface area contributed by atoms with Crippen LogP contribution in [0.15, 0.2) is 0 Å². The molecular formula is C5H13NaO. The van der Waals surface area contributed by atoms with Crippen molar-refractivity contribution in [1.82, 2.24) is 0 Å². The molecule has 2 heteroatoms. The Labute approximate surface area is 68.1 Å². The molecule has 0 aromatic rings. The number of hydrogen-bond donors (Lipinski definition) is 0. The SMILES string of the molecule is CCCCC.[Na+].[OH-]. The number of unbranched alkanes of at least 4 members (excludes halogenated alkanes) is 2. The maximum atomic E-state index is 2.21. The average molecular weight is 112 g/mol. The van der Waals surface area contributed by atoms with Crippen molar-refractivity contribution in [2.45, 2.75) is 33.1 Å². The molecule has 0 rings (SSSR count). The van der Waals surface area contributed by atoms with E-state index in [0.717, 1.165) is 0 Å². The Hall–Kier alpha value is 0.960. The molecule has 1 N–H and O–H groups in total. The summed E-state index contributed by atoms with van der Waals surface area (Å²) in [7, 11) is 0. The first-order valence-corrected chi connectivity index (χ1v) is 2.41. The van der Waals surface area contributed by atoms with E-state index >= 15 is 0 Å². The minimum absolute atomic E-state index is 0.